The maximum Gasteiger partial charge on any atom is 0.128 e. The van der Waals surface area contributed by atoms with E-state index in [1.807, 2.05) is 46.0 Å². The van der Waals surface area contributed by atoms with Gasteiger partial charge in [-0.3, -0.25) is 4.90 Å². The molecule has 0 aliphatic carbocycles. The van der Waals surface area contributed by atoms with Crippen molar-refractivity contribution in [2.45, 2.75) is 34.1 Å². The Kier molecular flexibility index (Phi) is 13.0. The molecule has 0 atom stereocenters. The first kappa shape index (κ1) is 19.8. The Labute approximate surface area is 130 Å². The van der Waals surface area contributed by atoms with Crippen molar-refractivity contribution in [1.29, 1.82) is 0 Å². The first-order valence-corrected chi connectivity index (χ1v) is 8.10. The zero-order chi connectivity index (χ0) is 15.9. The van der Waals surface area contributed by atoms with E-state index in [4.69, 9.17) is 5.90 Å². The highest BCUT2D eigenvalue weighted by Crippen LogP contribution is 2.12. The van der Waals surface area contributed by atoms with E-state index in [9.17, 15) is 0 Å². The first-order valence-electron chi connectivity index (χ1n) is 8.10. The van der Waals surface area contributed by atoms with Crippen molar-refractivity contribution in [3.63, 3.8) is 0 Å². The number of piperazine rings is 1. The Morgan fingerprint density at radius 1 is 1.10 bits per heavy atom. The number of nitrogens with two attached hydrogens (primary N) is 1. The highest BCUT2D eigenvalue weighted by Gasteiger charge is 2.16. The molecular weight excluding hydrogens is 264 g/mol. The Morgan fingerprint density at radius 2 is 1.76 bits per heavy atom. The van der Waals surface area contributed by atoms with Crippen LogP contribution in [0.5, 0.6) is 0 Å². The Bertz CT molecular complexity index is 313. The lowest BCUT2D eigenvalue weighted by atomic mass is 10.3. The van der Waals surface area contributed by atoms with Crippen molar-refractivity contribution in [3.8, 4) is 0 Å². The molecule has 1 aromatic rings. The van der Waals surface area contributed by atoms with Crippen molar-refractivity contribution >= 4 is 5.82 Å². The molecule has 2 heterocycles. The predicted octanol–water partition coefficient (Wildman–Crippen LogP) is 2.54. The van der Waals surface area contributed by atoms with E-state index in [0.717, 1.165) is 45.0 Å². The summed E-state index contributed by atoms with van der Waals surface area (Å²) in [5.74, 6) is 6.09. The molecule has 1 saturated heterocycles. The largest absolute Gasteiger partial charge is 0.354 e. The van der Waals surface area contributed by atoms with Crippen LogP contribution >= 0.6 is 0 Å². The summed E-state index contributed by atoms with van der Waals surface area (Å²) in [7, 11) is 0. The van der Waals surface area contributed by atoms with Crippen LogP contribution in [0, 0.1) is 0 Å². The molecule has 1 fully saturated rings. The minimum absolute atomic E-state index is 0.639. The predicted molar refractivity (Wildman–Crippen MR) is 90.3 cm³/mol. The summed E-state index contributed by atoms with van der Waals surface area (Å²) in [5.41, 5.74) is 0. The van der Waals surface area contributed by atoms with Gasteiger partial charge < -0.3 is 9.74 Å². The third kappa shape index (κ3) is 7.99. The summed E-state index contributed by atoms with van der Waals surface area (Å²) in [6, 6.07) is 6.05. The third-order valence-electron chi connectivity index (χ3n) is 3.08. The second kappa shape index (κ2) is 13.8. The van der Waals surface area contributed by atoms with E-state index in [0.29, 0.717) is 6.61 Å². The van der Waals surface area contributed by atoms with Crippen LogP contribution in [0.4, 0.5) is 5.82 Å². The summed E-state index contributed by atoms with van der Waals surface area (Å²) in [4.78, 5) is 13.7. The van der Waals surface area contributed by atoms with E-state index >= 15 is 0 Å². The molecule has 0 aromatic carbocycles. The van der Waals surface area contributed by atoms with E-state index in [-0.39, 0.29) is 0 Å². The highest BCUT2D eigenvalue weighted by molar-refractivity contribution is 5.38. The summed E-state index contributed by atoms with van der Waals surface area (Å²) >= 11 is 0. The summed E-state index contributed by atoms with van der Waals surface area (Å²) in [6.45, 7) is 14.0. The van der Waals surface area contributed by atoms with Crippen molar-refractivity contribution in [2.75, 3.05) is 44.2 Å². The number of hydrogen-bond donors (Lipinski definition) is 1. The highest BCUT2D eigenvalue weighted by atomic mass is 16.6. The molecule has 0 radical (unpaired) electrons. The normalized spacial score (nSPS) is 14.6. The fourth-order valence-corrected chi connectivity index (χ4v) is 2.11. The number of hydrogen-bond acceptors (Lipinski definition) is 5. The summed E-state index contributed by atoms with van der Waals surface area (Å²) in [5, 5.41) is 0. The Hall–Kier alpha value is -1.17. The van der Waals surface area contributed by atoms with Gasteiger partial charge in [0, 0.05) is 38.9 Å². The molecule has 1 aliphatic heterocycles. The molecule has 2 N–H and O–H groups in total. The molecule has 2 rings (SSSR count). The zero-order valence-corrected chi connectivity index (χ0v) is 14.1. The number of aromatic nitrogens is 1. The van der Waals surface area contributed by atoms with E-state index in [1.165, 1.54) is 0 Å². The Morgan fingerprint density at radius 3 is 2.29 bits per heavy atom. The van der Waals surface area contributed by atoms with Gasteiger partial charge in [0.2, 0.25) is 0 Å². The van der Waals surface area contributed by atoms with Crippen LogP contribution in [0.15, 0.2) is 24.4 Å². The average molecular weight is 296 g/mol. The molecule has 122 valence electrons. The molecule has 0 bridgehead atoms. The van der Waals surface area contributed by atoms with Crippen molar-refractivity contribution in [3.05, 3.63) is 24.4 Å². The van der Waals surface area contributed by atoms with Gasteiger partial charge in [0.1, 0.15) is 5.82 Å². The minimum Gasteiger partial charge on any atom is -0.354 e. The number of rotatable bonds is 5. The van der Waals surface area contributed by atoms with Crippen LogP contribution in [0.1, 0.15) is 34.1 Å². The molecule has 1 aromatic heterocycles. The van der Waals surface area contributed by atoms with Crippen molar-refractivity contribution < 1.29 is 4.84 Å². The Balaban J connectivity index is 0.000000921. The molecule has 0 amide bonds. The molecule has 21 heavy (non-hydrogen) atoms. The first-order chi connectivity index (χ1) is 10.4. The summed E-state index contributed by atoms with van der Waals surface area (Å²) < 4.78 is 0. The van der Waals surface area contributed by atoms with Gasteiger partial charge >= 0.3 is 0 Å². The quantitative estimate of drug-likeness (QED) is 0.668. The van der Waals surface area contributed by atoms with Gasteiger partial charge in [-0.2, -0.15) is 0 Å². The van der Waals surface area contributed by atoms with Crippen LogP contribution in [-0.2, 0) is 4.84 Å². The topological polar surface area (TPSA) is 54.6 Å². The van der Waals surface area contributed by atoms with Crippen LogP contribution in [0.25, 0.3) is 0 Å². The van der Waals surface area contributed by atoms with Gasteiger partial charge in [-0.15, -0.1) is 0 Å². The third-order valence-corrected chi connectivity index (χ3v) is 3.08. The van der Waals surface area contributed by atoms with Crippen LogP contribution in [0.3, 0.4) is 0 Å². The van der Waals surface area contributed by atoms with Gasteiger partial charge in [-0.25, -0.2) is 10.9 Å². The smallest absolute Gasteiger partial charge is 0.128 e. The number of anilines is 1. The molecule has 1 aliphatic rings. The maximum atomic E-state index is 5.01. The molecule has 5 heteroatoms. The lowest BCUT2D eigenvalue weighted by Crippen LogP contribution is -2.47. The molecule has 0 unspecified atom stereocenters. The summed E-state index contributed by atoms with van der Waals surface area (Å²) in [6.07, 6.45) is 2.85. The van der Waals surface area contributed by atoms with Gasteiger partial charge in [0.15, 0.2) is 0 Å². The van der Waals surface area contributed by atoms with Gasteiger partial charge in [0.25, 0.3) is 0 Å². The zero-order valence-electron chi connectivity index (χ0n) is 14.1. The van der Waals surface area contributed by atoms with E-state index < -0.39 is 0 Å². The number of nitrogens with zero attached hydrogens (tertiary/aromatic N) is 3. The average Bonchev–Trinajstić information content (AvgIpc) is 2.60. The van der Waals surface area contributed by atoms with Gasteiger partial charge in [-0.1, -0.05) is 33.8 Å². The van der Waals surface area contributed by atoms with Crippen LogP contribution < -0.4 is 10.8 Å². The van der Waals surface area contributed by atoms with Crippen LogP contribution in [0.2, 0.25) is 0 Å². The van der Waals surface area contributed by atoms with Gasteiger partial charge in [0.05, 0.1) is 6.61 Å². The SMILES string of the molecule is CC.CC.NOCCCN1CCN(c2ccccn2)CC1. The van der Waals surface area contributed by atoms with Crippen molar-refractivity contribution in [1.82, 2.24) is 9.88 Å². The fourth-order valence-electron chi connectivity index (χ4n) is 2.11. The lowest BCUT2D eigenvalue weighted by molar-refractivity contribution is 0.122. The monoisotopic (exact) mass is 296 g/mol. The van der Waals surface area contributed by atoms with E-state index in [2.05, 4.69) is 25.7 Å². The second-order valence-corrected chi connectivity index (χ2v) is 4.24. The minimum atomic E-state index is 0.639. The number of pyridine rings is 1. The standard InChI is InChI=1S/C12H20N4O.2C2H6/c13-17-11-3-6-15-7-9-16(10-8-15)12-4-1-2-5-14-12;2*1-2/h1-2,4-5H,3,6-11,13H2;2*1-2H3. The van der Waals surface area contributed by atoms with Gasteiger partial charge in [-0.05, 0) is 18.6 Å². The lowest BCUT2D eigenvalue weighted by Gasteiger charge is -2.35. The molecule has 0 saturated carbocycles. The van der Waals surface area contributed by atoms with E-state index in [1.54, 1.807) is 0 Å². The molecule has 0 spiro atoms. The van der Waals surface area contributed by atoms with Crippen molar-refractivity contribution in [2.24, 2.45) is 5.90 Å². The fraction of sp³-hybridized carbons (Fsp3) is 0.688. The second-order valence-electron chi connectivity index (χ2n) is 4.24. The van der Waals surface area contributed by atoms with Crippen LogP contribution in [-0.4, -0.2) is 49.2 Å². The molecule has 5 nitrogen and oxygen atoms in total. The maximum absolute atomic E-state index is 5.01. The molecular formula is C16H32N4O.